The average molecular weight is 252 g/mol. The zero-order chi connectivity index (χ0) is 13.1. The van der Waals surface area contributed by atoms with Crippen molar-refractivity contribution in [2.45, 2.75) is 19.5 Å². The SMILES string of the molecule is COc1ncc(OC(F)(F)F)c(CN)c1CO. The highest BCUT2D eigenvalue weighted by Crippen LogP contribution is 2.31. The van der Waals surface area contributed by atoms with Gasteiger partial charge in [-0.25, -0.2) is 4.98 Å². The van der Waals surface area contributed by atoms with Crippen LogP contribution in [0.2, 0.25) is 0 Å². The van der Waals surface area contributed by atoms with Crippen molar-refractivity contribution in [2.75, 3.05) is 7.11 Å². The predicted octanol–water partition coefficient (Wildman–Crippen LogP) is 0.940. The number of methoxy groups -OCH3 is 1. The molecule has 0 aliphatic heterocycles. The Morgan fingerprint density at radius 1 is 1.41 bits per heavy atom. The van der Waals surface area contributed by atoms with Gasteiger partial charge < -0.3 is 20.3 Å². The molecule has 0 amide bonds. The second-order valence-corrected chi connectivity index (χ2v) is 3.00. The van der Waals surface area contributed by atoms with Crippen LogP contribution in [-0.2, 0) is 13.2 Å². The number of aliphatic hydroxyl groups excluding tert-OH is 1. The number of aliphatic hydroxyl groups is 1. The van der Waals surface area contributed by atoms with E-state index in [1.807, 2.05) is 0 Å². The van der Waals surface area contributed by atoms with E-state index in [9.17, 15) is 13.2 Å². The lowest BCUT2D eigenvalue weighted by molar-refractivity contribution is -0.275. The molecule has 1 heterocycles. The van der Waals surface area contributed by atoms with Gasteiger partial charge in [0.25, 0.3) is 0 Å². The average Bonchev–Trinajstić information content (AvgIpc) is 2.26. The van der Waals surface area contributed by atoms with E-state index < -0.39 is 18.7 Å². The van der Waals surface area contributed by atoms with Gasteiger partial charge in [-0.15, -0.1) is 13.2 Å². The van der Waals surface area contributed by atoms with E-state index in [0.717, 1.165) is 6.20 Å². The van der Waals surface area contributed by atoms with Crippen molar-refractivity contribution < 1.29 is 27.8 Å². The van der Waals surface area contributed by atoms with Crippen molar-refractivity contribution in [2.24, 2.45) is 5.73 Å². The number of pyridine rings is 1. The van der Waals surface area contributed by atoms with Crippen LogP contribution in [0.1, 0.15) is 11.1 Å². The minimum absolute atomic E-state index is 0.0108. The molecule has 0 aliphatic rings. The van der Waals surface area contributed by atoms with E-state index in [4.69, 9.17) is 15.6 Å². The van der Waals surface area contributed by atoms with Crippen molar-refractivity contribution in [3.63, 3.8) is 0 Å². The van der Waals surface area contributed by atoms with Crippen molar-refractivity contribution >= 4 is 0 Å². The summed E-state index contributed by atoms with van der Waals surface area (Å²) in [4.78, 5) is 3.60. The van der Waals surface area contributed by atoms with E-state index in [-0.39, 0.29) is 23.6 Å². The van der Waals surface area contributed by atoms with Crippen LogP contribution in [0.4, 0.5) is 13.2 Å². The fraction of sp³-hybridized carbons (Fsp3) is 0.444. The molecule has 0 aliphatic carbocycles. The normalized spacial score (nSPS) is 11.4. The summed E-state index contributed by atoms with van der Waals surface area (Å²) in [6, 6.07) is 0. The minimum atomic E-state index is -4.84. The Morgan fingerprint density at radius 2 is 2.06 bits per heavy atom. The van der Waals surface area contributed by atoms with Gasteiger partial charge in [0.2, 0.25) is 5.88 Å². The molecule has 0 atom stereocenters. The molecule has 5 nitrogen and oxygen atoms in total. The monoisotopic (exact) mass is 252 g/mol. The number of alkyl halides is 3. The Bertz CT molecular complexity index is 396. The molecule has 0 aromatic carbocycles. The Balaban J connectivity index is 3.23. The summed E-state index contributed by atoms with van der Waals surface area (Å²) in [7, 11) is 1.28. The summed E-state index contributed by atoms with van der Waals surface area (Å²) < 4.78 is 44.8. The number of ether oxygens (including phenoxy) is 2. The molecule has 8 heteroatoms. The highest BCUT2D eigenvalue weighted by molar-refractivity contribution is 5.43. The summed E-state index contributed by atoms with van der Waals surface area (Å²) >= 11 is 0. The standard InChI is InChI=1S/C9H11F3N2O3/c1-16-8-6(4-15)5(2-13)7(3-14-8)17-9(10,11)12/h3,15H,2,4,13H2,1H3. The molecule has 0 radical (unpaired) electrons. The van der Waals surface area contributed by atoms with E-state index >= 15 is 0 Å². The first-order chi connectivity index (χ1) is 7.92. The first kappa shape index (κ1) is 13.5. The maximum Gasteiger partial charge on any atom is 0.573 e. The molecule has 96 valence electrons. The Labute approximate surface area is 95.0 Å². The van der Waals surface area contributed by atoms with Gasteiger partial charge in [-0.05, 0) is 0 Å². The zero-order valence-corrected chi connectivity index (χ0v) is 8.91. The fourth-order valence-electron chi connectivity index (χ4n) is 1.33. The minimum Gasteiger partial charge on any atom is -0.481 e. The van der Waals surface area contributed by atoms with Gasteiger partial charge >= 0.3 is 6.36 Å². The Kier molecular flexibility index (Phi) is 4.13. The van der Waals surface area contributed by atoms with Crippen LogP contribution in [-0.4, -0.2) is 23.6 Å². The van der Waals surface area contributed by atoms with Crippen molar-refractivity contribution in [1.82, 2.24) is 4.98 Å². The molecule has 0 saturated carbocycles. The lowest BCUT2D eigenvalue weighted by Gasteiger charge is -2.16. The summed E-state index contributed by atoms with van der Waals surface area (Å²) in [5, 5.41) is 9.07. The lowest BCUT2D eigenvalue weighted by atomic mass is 10.1. The third kappa shape index (κ3) is 3.21. The second kappa shape index (κ2) is 5.19. The summed E-state index contributed by atoms with van der Waals surface area (Å²) in [6.45, 7) is -0.780. The molecule has 17 heavy (non-hydrogen) atoms. The molecule has 0 unspecified atom stereocenters. The molecule has 1 rings (SSSR count). The molecule has 0 spiro atoms. The second-order valence-electron chi connectivity index (χ2n) is 3.00. The van der Waals surface area contributed by atoms with E-state index in [1.54, 1.807) is 0 Å². The number of aromatic nitrogens is 1. The van der Waals surface area contributed by atoms with Crippen LogP contribution >= 0.6 is 0 Å². The van der Waals surface area contributed by atoms with Gasteiger partial charge in [0.15, 0.2) is 5.75 Å². The number of hydrogen-bond acceptors (Lipinski definition) is 5. The van der Waals surface area contributed by atoms with Crippen molar-refractivity contribution in [3.05, 3.63) is 17.3 Å². The molecular formula is C9H11F3N2O3. The molecule has 1 aromatic heterocycles. The van der Waals surface area contributed by atoms with Crippen LogP contribution < -0.4 is 15.2 Å². The largest absolute Gasteiger partial charge is 0.573 e. The van der Waals surface area contributed by atoms with Gasteiger partial charge in [-0.3, -0.25) is 0 Å². The lowest BCUT2D eigenvalue weighted by Crippen LogP contribution is -2.20. The third-order valence-corrected chi connectivity index (χ3v) is 2.00. The summed E-state index contributed by atoms with van der Waals surface area (Å²) in [5.41, 5.74) is 5.42. The van der Waals surface area contributed by atoms with Gasteiger partial charge in [0, 0.05) is 17.7 Å². The summed E-state index contributed by atoms with van der Waals surface area (Å²) in [6.07, 6.45) is -3.99. The maximum absolute atomic E-state index is 12.1. The molecule has 3 N–H and O–H groups in total. The Morgan fingerprint density at radius 3 is 2.47 bits per heavy atom. The third-order valence-electron chi connectivity index (χ3n) is 2.00. The van der Waals surface area contributed by atoms with Crippen molar-refractivity contribution in [3.8, 4) is 11.6 Å². The van der Waals surface area contributed by atoms with E-state index in [1.165, 1.54) is 7.11 Å². The first-order valence-corrected chi connectivity index (χ1v) is 4.54. The smallest absolute Gasteiger partial charge is 0.481 e. The predicted molar refractivity (Wildman–Crippen MR) is 51.3 cm³/mol. The first-order valence-electron chi connectivity index (χ1n) is 4.54. The number of halogens is 3. The molecule has 1 aromatic rings. The van der Waals surface area contributed by atoms with Gasteiger partial charge in [-0.2, -0.15) is 0 Å². The summed E-state index contributed by atoms with van der Waals surface area (Å²) in [5.74, 6) is -0.521. The van der Waals surface area contributed by atoms with Crippen LogP contribution in [0.3, 0.4) is 0 Å². The highest BCUT2D eigenvalue weighted by atomic mass is 19.4. The van der Waals surface area contributed by atoms with Crippen LogP contribution in [0.15, 0.2) is 6.20 Å². The fourth-order valence-corrected chi connectivity index (χ4v) is 1.33. The molecule has 0 fully saturated rings. The molecular weight excluding hydrogens is 241 g/mol. The number of nitrogens with two attached hydrogens (primary N) is 1. The van der Waals surface area contributed by atoms with Gasteiger partial charge in [0.1, 0.15) is 0 Å². The quantitative estimate of drug-likeness (QED) is 0.833. The Hall–Kier alpha value is -1.54. The number of nitrogens with zero attached hydrogens (tertiary/aromatic N) is 1. The van der Waals surface area contributed by atoms with Crippen LogP contribution in [0.5, 0.6) is 11.6 Å². The van der Waals surface area contributed by atoms with Crippen LogP contribution in [0.25, 0.3) is 0 Å². The molecule has 0 bridgehead atoms. The molecule has 0 saturated heterocycles. The van der Waals surface area contributed by atoms with E-state index in [0.29, 0.717) is 0 Å². The maximum atomic E-state index is 12.1. The van der Waals surface area contributed by atoms with E-state index in [2.05, 4.69) is 9.72 Å². The van der Waals surface area contributed by atoms with Crippen LogP contribution in [0, 0.1) is 0 Å². The van der Waals surface area contributed by atoms with Gasteiger partial charge in [-0.1, -0.05) is 0 Å². The zero-order valence-electron chi connectivity index (χ0n) is 8.91. The topological polar surface area (TPSA) is 77.6 Å². The number of rotatable bonds is 4. The number of hydrogen-bond donors (Lipinski definition) is 2. The highest BCUT2D eigenvalue weighted by Gasteiger charge is 2.33. The van der Waals surface area contributed by atoms with Crippen molar-refractivity contribution in [1.29, 1.82) is 0 Å². The van der Waals surface area contributed by atoms with Gasteiger partial charge in [0.05, 0.1) is 19.9 Å².